The van der Waals surface area contributed by atoms with Crippen molar-refractivity contribution in [2.45, 2.75) is 25.3 Å². The lowest BCUT2D eigenvalue weighted by Gasteiger charge is -2.11. The Hall–Kier alpha value is -1.86. The lowest BCUT2D eigenvalue weighted by atomic mass is 10.1. The molecule has 8 heteroatoms. The van der Waals surface area contributed by atoms with E-state index in [-0.39, 0.29) is 32.0 Å². The lowest BCUT2D eigenvalue weighted by molar-refractivity contribution is -0.757. The van der Waals surface area contributed by atoms with Crippen molar-refractivity contribution >= 4 is 18.4 Å². The SMILES string of the molecule is Cl.NC(CCc1ccccc1)C(=O)OCCCO[N+](=O)[O-]. The molecule has 0 radical (unpaired) electrons. The largest absolute Gasteiger partial charge is 0.464 e. The van der Waals surface area contributed by atoms with Crippen LogP contribution in [-0.4, -0.2) is 30.3 Å². The zero-order valence-corrected chi connectivity index (χ0v) is 12.3. The second-order valence-electron chi connectivity index (χ2n) is 4.21. The Bertz CT molecular complexity index is 430. The van der Waals surface area contributed by atoms with E-state index in [2.05, 4.69) is 4.84 Å². The minimum absolute atomic E-state index is 0. The summed E-state index contributed by atoms with van der Waals surface area (Å²) in [5.74, 6) is -0.498. The van der Waals surface area contributed by atoms with Crippen molar-refractivity contribution in [3.05, 3.63) is 46.0 Å². The van der Waals surface area contributed by atoms with Crippen molar-refractivity contribution in [3.8, 4) is 0 Å². The summed E-state index contributed by atoms with van der Waals surface area (Å²) in [6.45, 7) is -0.0365. The van der Waals surface area contributed by atoms with E-state index in [4.69, 9.17) is 10.5 Å². The highest BCUT2D eigenvalue weighted by Crippen LogP contribution is 2.05. The molecule has 0 fully saturated rings. The van der Waals surface area contributed by atoms with Crippen molar-refractivity contribution in [1.82, 2.24) is 0 Å². The van der Waals surface area contributed by atoms with Gasteiger partial charge in [0, 0.05) is 6.42 Å². The number of halogens is 1. The van der Waals surface area contributed by atoms with E-state index in [1.54, 1.807) is 0 Å². The predicted octanol–water partition coefficient (Wildman–Crippen LogP) is 1.51. The van der Waals surface area contributed by atoms with Gasteiger partial charge in [-0.15, -0.1) is 22.5 Å². The van der Waals surface area contributed by atoms with E-state index in [1.807, 2.05) is 30.3 Å². The standard InChI is InChI=1S/C13H18N2O5.ClH/c14-12(8-7-11-5-2-1-3-6-11)13(16)19-9-4-10-20-15(17)18;/h1-3,5-6,12H,4,7-10,14H2;1H. The number of hydrogen-bond donors (Lipinski definition) is 1. The maximum Gasteiger partial charge on any atom is 0.322 e. The van der Waals surface area contributed by atoms with Gasteiger partial charge in [-0.25, -0.2) is 0 Å². The topological polar surface area (TPSA) is 105 Å². The van der Waals surface area contributed by atoms with E-state index in [0.717, 1.165) is 5.56 Å². The van der Waals surface area contributed by atoms with Crippen LogP contribution in [0.25, 0.3) is 0 Å². The number of aryl methyl sites for hydroxylation is 1. The van der Waals surface area contributed by atoms with Gasteiger partial charge >= 0.3 is 5.97 Å². The lowest BCUT2D eigenvalue weighted by Crippen LogP contribution is -2.33. The normalized spacial score (nSPS) is 11.1. The van der Waals surface area contributed by atoms with Crippen molar-refractivity contribution in [2.75, 3.05) is 13.2 Å². The number of nitrogens with two attached hydrogens (primary N) is 1. The molecule has 1 unspecified atom stereocenters. The molecular weight excluding hydrogens is 300 g/mol. The Labute approximate surface area is 128 Å². The summed E-state index contributed by atoms with van der Waals surface area (Å²) in [5, 5.41) is 9.00. The number of benzene rings is 1. The van der Waals surface area contributed by atoms with Crippen LogP contribution in [0.2, 0.25) is 0 Å². The molecule has 1 aromatic carbocycles. The maximum absolute atomic E-state index is 11.5. The smallest absolute Gasteiger partial charge is 0.322 e. The second-order valence-corrected chi connectivity index (χ2v) is 4.21. The molecule has 0 bridgehead atoms. The summed E-state index contributed by atoms with van der Waals surface area (Å²) < 4.78 is 4.91. The Morgan fingerprint density at radius 3 is 2.57 bits per heavy atom. The van der Waals surface area contributed by atoms with Gasteiger partial charge in [-0.05, 0) is 18.4 Å². The first-order valence-electron chi connectivity index (χ1n) is 6.33. The molecule has 0 aliphatic heterocycles. The average Bonchev–Trinajstić information content (AvgIpc) is 2.45. The zero-order valence-electron chi connectivity index (χ0n) is 11.5. The van der Waals surface area contributed by atoms with Gasteiger partial charge in [0.05, 0.1) is 13.2 Å². The fraction of sp³-hybridized carbons (Fsp3) is 0.462. The van der Waals surface area contributed by atoms with Crippen molar-refractivity contribution < 1.29 is 19.5 Å². The van der Waals surface area contributed by atoms with Crippen LogP contribution < -0.4 is 5.73 Å². The molecule has 0 heterocycles. The van der Waals surface area contributed by atoms with Gasteiger partial charge in [-0.1, -0.05) is 30.3 Å². The van der Waals surface area contributed by atoms with Crippen LogP contribution in [0.15, 0.2) is 30.3 Å². The Balaban J connectivity index is 0.00000400. The molecule has 0 saturated heterocycles. The number of rotatable bonds is 9. The third-order valence-corrected chi connectivity index (χ3v) is 2.62. The minimum Gasteiger partial charge on any atom is -0.464 e. The molecule has 0 saturated carbocycles. The first-order valence-corrected chi connectivity index (χ1v) is 6.33. The third-order valence-electron chi connectivity index (χ3n) is 2.62. The molecule has 1 aromatic rings. The molecule has 0 amide bonds. The fourth-order valence-electron chi connectivity index (χ4n) is 1.56. The number of hydrogen-bond acceptors (Lipinski definition) is 6. The number of carbonyl (C=O) groups excluding carboxylic acids is 1. The van der Waals surface area contributed by atoms with Gasteiger partial charge in [0.15, 0.2) is 0 Å². The van der Waals surface area contributed by atoms with E-state index < -0.39 is 17.1 Å². The molecule has 0 spiro atoms. The van der Waals surface area contributed by atoms with Crippen LogP contribution in [0.4, 0.5) is 0 Å². The quantitative estimate of drug-likeness (QED) is 0.320. The van der Waals surface area contributed by atoms with Crippen LogP contribution in [0.1, 0.15) is 18.4 Å². The molecular formula is C13H19ClN2O5. The third kappa shape index (κ3) is 8.83. The fourth-order valence-corrected chi connectivity index (χ4v) is 1.56. The van der Waals surface area contributed by atoms with E-state index >= 15 is 0 Å². The molecule has 0 aliphatic rings. The van der Waals surface area contributed by atoms with E-state index in [0.29, 0.717) is 12.8 Å². The van der Waals surface area contributed by atoms with Crippen molar-refractivity contribution in [1.29, 1.82) is 0 Å². The van der Waals surface area contributed by atoms with Gasteiger partial charge < -0.3 is 15.3 Å². The van der Waals surface area contributed by atoms with Gasteiger partial charge in [0.25, 0.3) is 5.09 Å². The minimum atomic E-state index is -0.882. The first-order chi connectivity index (χ1) is 9.59. The van der Waals surface area contributed by atoms with Gasteiger partial charge in [-0.3, -0.25) is 4.79 Å². The molecule has 0 aromatic heterocycles. The van der Waals surface area contributed by atoms with Gasteiger partial charge in [0.1, 0.15) is 6.04 Å². The number of ether oxygens (including phenoxy) is 1. The molecule has 1 atom stereocenters. The van der Waals surface area contributed by atoms with Crippen molar-refractivity contribution in [2.24, 2.45) is 5.73 Å². The summed E-state index contributed by atoms with van der Waals surface area (Å²) in [5.41, 5.74) is 6.82. The maximum atomic E-state index is 11.5. The Morgan fingerprint density at radius 1 is 1.29 bits per heavy atom. The summed E-state index contributed by atoms with van der Waals surface area (Å²) in [6, 6.07) is 9.01. The molecule has 1 rings (SSSR count). The molecule has 7 nitrogen and oxygen atoms in total. The van der Waals surface area contributed by atoms with Crippen molar-refractivity contribution in [3.63, 3.8) is 0 Å². The Morgan fingerprint density at radius 2 is 1.95 bits per heavy atom. The molecule has 21 heavy (non-hydrogen) atoms. The van der Waals surface area contributed by atoms with Crippen LogP contribution in [0.5, 0.6) is 0 Å². The summed E-state index contributed by atoms with van der Waals surface area (Å²) in [6.07, 6.45) is 1.45. The van der Waals surface area contributed by atoms with Crippen LogP contribution in [-0.2, 0) is 20.8 Å². The zero-order chi connectivity index (χ0) is 14.8. The molecule has 0 aliphatic carbocycles. The predicted molar refractivity (Wildman–Crippen MR) is 78.5 cm³/mol. The van der Waals surface area contributed by atoms with Crippen LogP contribution in [0.3, 0.4) is 0 Å². The van der Waals surface area contributed by atoms with Crippen LogP contribution >= 0.6 is 12.4 Å². The number of nitrogens with zero attached hydrogens (tertiary/aromatic N) is 1. The highest BCUT2D eigenvalue weighted by molar-refractivity contribution is 5.85. The van der Waals surface area contributed by atoms with E-state index in [1.165, 1.54) is 0 Å². The summed E-state index contributed by atoms with van der Waals surface area (Å²) in [7, 11) is 0. The monoisotopic (exact) mass is 318 g/mol. The highest BCUT2D eigenvalue weighted by atomic mass is 35.5. The van der Waals surface area contributed by atoms with E-state index in [9.17, 15) is 14.9 Å². The first kappa shape index (κ1) is 19.1. The highest BCUT2D eigenvalue weighted by Gasteiger charge is 2.14. The molecule has 118 valence electrons. The Kier molecular flexibility index (Phi) is 9.91. The number of esters is 1. The second kappa shape index (κ2) is 10.9. The summed E-state index contributed by atoms with van der Waals surface area (Å²) in [4.78, 5) is 25.5. The van der Waals surface area contributed by atoms with Gasteiger partial charge in [-0.2, -0.15) is 0 Å². The van der Waals surface area contributed by atoms with Gasteiger partial charge in [0.2, 0.25) is 0 Å². The molecule has 2 N–H and O–H groups in total. The average molecular weight is 319 g/mol. The van der Waals surface area contributed by atoms with Crippen LogP contribution in [0, 0.1) is 10.1 Å². The number of carbonyl (C=O) groups is 1. The summed E-state index contributed by atoms with van der Waals surface area (Å²) >= 11 is 0.